The lowest BCUT2D eigenvalue weighted by atomic mass is 10.4. The largest absolute Gasteiger partial charge is 0.370 e. The molecule has 0 saturated carbocycles. The Balaban J connectivity index is 2.71. The van der Waals surface area contributed by atoms with E-state index in [-0.39, 0.29) is 12.5 Å². The highest BCUT2D eigenvalue weighted by Crippen LogP contribution is 2.11. The van der Waals surface area contributed by atoms with Gasteiger partial charge in [-0.1, -0.05) is 0 Å². The maximum absolute atomic E-state index is 11.2. The maximum Gasteiger partial charge on any atom is 0.239 e. The predicted molar refractivity (Wildman–Crippen MR) is 63.5 cm³/mol. The van der Waals surface area contributed by atoms with Gasteiger partial charge < -0.3 is 15.5 Å². The molecule has 0 aromatic carbocycles. The Kier molecular flexibility index (Phi) is 4.50. The van der Waals surface area contributed by atoms with Gasteiger partial charge in [0.2, 0.25) is 5.91 Å². The average Bonchev–Trinajstić information content (AvgIpc) is 2.29. The van der Waals surface area contributed by atoms with Crippen LogP contribution < -0.4 is 15.5 Å². The Morgan fingerprint density at radius 1 is 1.50 bits per heavy atom. The van der Waals surface area contributed by atoms with Gasteiger partial charge >= 0.3 is 0 Å². The predicted octanol–water partition coefficient (Wildman–Crippen LogP) is 0.0906. The average molecular weight is 223 g/mol. The van der Waals surface area contributed by atoms with Gasteiger partial charge in [-0.05, 0) is 6.92 Å². The lowest BCUT2D eigenvalue weighted by Gasteiger charge is -2.17. The Morgan fingerprint density at radius 3 is 2.88 bits per heavy atom. The number of nitrogens with one attached hydrogen (secondary N) is 2. The molecule has 2 N–H and O–H groups in total. The van der Waals surface area contributed by atoms with E-state index in [1.165, 1.54) is 6.33 Å². The molecule has 0 aliphatic carbocycles. The van der Waals surface area contributed by atoms with E-state index in [2.05, 4.69) is 20.6 Å². The van der Waals surface area contributed by atoms with Crippen molar-refractivity contribution in [1.29, 1.82) is 0 Å². The fourth-order valence-corrected chi connectivity index (χ4v) is 1.21. The minimum Gasteiger partial charge on any atom is -0.370 e. The summed E-state index contributed by atoms with van der Waals surface area (Å²) in [7, 11) is 3.42. The normalized spacial score (nSPS) is 9.69. The van der Waals surface area contributed by atoms with E-state index >= 15 is 0 Å². The number of amides is 1. The van der Waals surface area contributed by atoms with Crippen LogP contribution in [0.1, 0.15) is 6.92 Å². The smallest absolute Gasteiger partial charge is 0.239 e. The molecule has 1 aromatic heterocycles. The second kappa shape index (κ2) is 5.89. The quantitative estimate of drug-likeness (QED) is 0.740. The van der Waals surface area contributed by atoms with Gasteiger partial charge in [0.1, 0.15) is 18.0 Å². The molecule has 1 aromatic rings. The van der Waals surface area contributed by atoms with E-state index in [1.54, 1.807) is 11.9 Å². The Morgan fingerprint density at radius 2 is 2.25 bits per heavy atom. The minimum absolute atomic E-state index is 0.0499. The van der Waals surface area contributed by atoms with Crippen molar-refractivity contribution in [2.75, 3.05) is 37.4 Å². The van der Waals surface area contributed by atoms with Crippen LogP contribution in [-0.2, 0) is 4.79 Å². The molecule has 0 aliphatic rings. The van der Waals surface area contributed by atoms with Gasteiger partial charge in [-0.25, -0.2) is 9.97 Å². The number of hydrogen-bond donors (Lipinski definition) is 2. The fourth-order valence-electron chi connectivity index (χ4n) is 1.21. The first kappa shape index (κ1) is 12.2. The summed E-state index contributed by atoms with van der Waals surface area (Å²) < 4.78 is 0. The van der Waals surface area contributed by atoms with Crippen LogP contribution in [0.4, 0.5) is 11.6 Å². The molecule has 1 heterocycles. The Labute approximate surface area is 95.1 Å². The summed E-state index contributed by atoms with van der Waals surface area (Å²) in [6.45, 7) is 3.07. The van der Waals surface area contributed by atoms with Gasteiger partial charge in [0.05, 0.1) is 6.54 Å². The van der Waals surface area contributed by atoms with Crippen LogP contribution in [0.25, 0.3) is 0 Å². The van der Waals surface area contributed by atoms with Crippen molar-refractivity contribution >= 4 is 17.5 Å². The summed E-state index contributed by atoms with van der Waals surface area (Å²) in [6.07, 6.45) is 1.48. The molecular formula is C10H17N5O. The highest BCUT2D eigenvalue weighted by atomic mass is 16.1. The Bertz CT molecular complexity index is 355. The summed E-state index contributed by atoms with van der Waals surface area (Å²) >= 11 is 0. The number of nitrogens with zero attached hydrogens (tertiary/aromatic N) is 3. The van der Waals surface area contributed by atoms with Crippen molar-refractivity contribution in [1.82, 2.24) is 15.3 Å². The zero-order valence-corrected chi connectivity index (χ0v) is 9.82. The summed E-state index contributed by atoms with van der Waals surface area (Å²) in [6, 6.07) is 1.81. The molecule has 0 radical (unpaired) electrons. The number of hydrogen-bond acceptors (Lipinski definition) is 5. The van der Waals surface area contributed by atoms with Crippen molar-refractivity contribution in [3.63, 3.8) is 0 Å². The maximum atomic E-state index is 11.2. The van der Waals surface area contributed by atoms with Crippen LogP contribution in [0.3, 0.4) is 0 Å². The summed E-state index contributed by atoms with van der Waals surface area (Å²) in [5, 5.41) is 5.66. The topological polar surface area (TPSA) is 70.2 Å². The second-order valence-electron chi connectivity index (χ2n) is 3.32. The van der Waals surface area contributed by atoms with Gasteiger partial charge in [-0.2, -0.15) is 0 Å². The molecule has 0 bridgehead atoms. The minimum atomic E-state index is -0.0499. The molecule has 0 spiro atoms. The third-order valence-electron chi connectivity index (χ3n) is 2.06. The molecule has 0 saturated heterocycles. The zero-order chi connectivity index (χ0) is 12.0. The molecule has 6 heteroatoms. The van der Waals surface area contributed by atoms with Crippen molar-refractivity contribution in [2.45, 2.75) is 6.92 Å². The van der Waals surface area contributed by atoms with Crippen LogP contribution in [0.15, 0.2) is 12.4 Å². The van der Waals surface area contributed by atoms with E-state index in [1.807, 2.05) is 20.0 Å². The van der Waals surface area contributed by atoms with Crippen molar-refractivity contribution < 1.29 is 4.79 Å². The third-order valence-corrected chi connectivity index (χ3v) is 2.06. The lowest BCUT2D eigenvalue weighted by Crippen LogP contribution is -2.33. The molecule has 6 nitrogen and oxygen atoms in total. The van der Waals surface area contributed by atoms with Gasteiger partial charge in [0.15, 0.2) is 0 Å². The molecule has 0 fully saturated rings. The highest BCUT2D eigenvalue weighted by molar-refractivity contribution is 5.80. The fraction of sp³-hybridized carbons (Fsp3) is 0.500. The molecular weight excluding hydrogens is 206 g/mol. The number of carbonyl (C=O) groups excluding carboxylic acids is 1. The molecule has 0 unspecified atom stereocenters. The molecule has 0 aliphatic heterocycles. The first-order valence-electron chi connectivity index (χ1n) is 5.15. The van der Waals surface area contributed by atoms with Gasteiger partial charge in [-0.15, -0.1) is 0 Å². The van der Waals surface area contributed by atoms with Crippen LogP contribution in [0, 0.1) is 0 Å². The number of carbonyl (C=O) groups is 1. The van der Waals surface area contributed by atoms with Crippen molar-refractivity contribution in [3.8, 4) is 0 Å². The van der Waals surface area contributed by atoms with E-state index in [0.29, 0.717) is 0 Å². The number of anilines is 2. The van der Waals surface area contributed by atoms with Crippen LogP contribution in [0.2, 0.25) is 0 Å². The second-order valence-corrected chi connectivity index (χ2v) is 3.32. The standard InChI is InChI=1S/C10H17N5O/c1-4-12-8-5-9(14-7-13-8)15(3)6-10(16)11-2/h5,7H,4,6H2,1-3H3,(H,11,16)(H,12,13,14). The van der Waals surface area contributed by atoms with Gasteiger partial charge in [0.25, 0.3) is 0 Å². The first-order chi connectivity index (χ1) is 7.67. The number of rotatable bonds is 5. The lowest BCUT2D eigenvalue weighted by molar-refractivity contribution is -0.119. The zero-order valence-electron chi connectivity index (χ0n) is 9.82. The SMILES string of the molecule is CCNc1cc(N(C)CC(=O)NC)ncn1. The summed E-state index contributed by atoms with van der Waals surface area (Å²) in [4.78, 5) is 21.1. The van der Waals surface area contributed by atoms with Gasteiger partial charge in [0, 0.05) is 26.7 Å². The molecule has 1 amide bonds. The van der Waals surface area contributed by atoms with E-state index < -0.39 is 0 Å². The molecule has 0 atom stereocenters. The molecule has 88 valence electrons. The number of aromatic nitrogens is 2. The van der Waals surface area contributed by atoms with E-state index in [9.17, 15) is 4.79 Å². The highest BCUT2D eigenvalue weighted by Gasteiger charge is 2.07. The van der Waals surface area contributed by atoms with Crippen molar-refractivity contribution in [2.24, 2.45) is 0 Å². The van der Waals surface area contributed by atoms with E-state index in [0.717, 1.165) is 18.2 Å². The molecule has 16 heavy (non-hydrogen) atoms. The monoisotopic (exact) mass is 223 g/mol. The third kappa shape index (κ3) is 3.38. The summed E-state index contributed by atoms with van der Waals surface area (Å²) in [5.74, 6) is 1.43. The first-order valence-corrected chi connectivity index (χ1v) is 5.15. The van der Waals surface area contributed by atoms with Crippen LogP contribution in [-0.4, -0.2) is 43.1 Å². The summed E-state index contributed by atoms with van der Waals surface area (Å²) in [5.41, 5.74) is 0. The van der Waals surface area contributed by atoms with Crippen LogP contribution >= 0.6 is 0 Å². The van der Waals surface area contributed by atoms with Crippen LogP contribution in [0.5, 0.6) is 0 Å². The van der Waals surface area contributed by atoms with Crippen molar-refractivity contribution in [3.05, 3.63) is 12.4 Å². The Hall–Kier alpha value is -1.85. The molecule has 1 rings (SSSR count). The van der Waals surface area contributed by atoms with Gasteiger partial charge in [-0.3, -0.25) is 4.79 Å². The number of likely N-dealkylation sites (N-methyl/N-ethyl adjacent to an activating group) is 2. The van der Waals surface area contributed by atoms with E-state index in [4.69, 9.17) is 0 Å².